The van der Waals surface area contributed by atoms with E-state index >= 15 is 0 Å². The van der Waals surface area contributed by atoms with Crippen molar-refractivity contribution in [3.63, 3.8) is 0 Å². The molecule has 6 rings (SSSR count). The first-order valence-corrected chi connectivity index (χ1v) is 18.0. The standard InChI is InChI=1S/C38H42N4O5S/c1-3-40-23-9-11-31(40)26-39-37(43)36-27-41(38(44)30-15-19-33(20-16-30)47-32-12-5-4-6-13-32)24-25-42(36)48(45,46)34-21-17-29(18-22-34)35-14-8-7-10-28(35)2/h4-8,10,12-22,31,36H,3,9,11,23-27H2,1-2H3,(H,39,43). The van der Waals surface area contributed by atoms with Gasteiger partial charge in [-0.25, -0.2) is 8.42 Å². The first-order chi connectivity index (χ1) is 23.2. The topological polar surface area (TPSA) is 99.3 Å². The summed E-state index contributed by atoms with van der Waals surface area (Å²) in [6, 6.07) is 30.1. The molecule has 0 spiro atoms. The molecular formula is C38H42N4O5S. The number of likely N-dealkylation sites (tertiary alicyclic amines) is 1. The van der Waals surface area contributed by atoms with E-state index in [2.05, 4.69) is 17.1 Å². The Hall–Kier alpha value is -4.51. The third-order valence-corrected chi connectivity index (χ3v) is 11.3. The molecule has 0 radical (unpaired) electrons. The van der Waals surface area contributed by atoms with Crippen molar-refractivity contribution in [3.8, 4) is 22.6 Å². The largest absolute Gasteiger partial charge is 0.457 e. The third kappa shape index (κ3) is 7.31. The summed E-state index contributed by atoms with van der Waals surface area (Å²) in [5.74, 6) is 0.605. The molecule has 2 aliphatic heterocycles. The predicted octanol–water partition coefficient (Wildman–Crippen LogP) is 5.57. The number of nitrogens with one attached hydrogen (secondary N) is 1. The molecule has 2 atom stereocenters. The summed E-state index contributed by atoms with van der Waals surface area (Å²) in [4.78, 5) is 31.5. The van der Waals surface area contributed by atoms with Crippen molar-refractivity contribution < 1.29 is 22.7 Å². The summed E-state index contributed by atoms with van der Waals surface area (Å²) in [7, 11) is -4.06. The quantitative estimate of drug-likeness (QED) is 0.238. The molecule has 2 unspecified atom stereocenters. The van der Waals surface area contributed by atoms with Crippen LogP contribution in [0.15, 0.2) is 108 Å². The van der Waals surface area contributed by atoms with E-state index < -0.39 is 22.0 Å². The predicted molar refractivity (Wildman–Crippen MR) is 186 cm³/mol. The monoisotopic (exact) mass is 666 g/mol. The van der Waals surface area contributed by atoms with Gasteiger partial charge in [0.2, 0.25) is 15.9 Å². The number of benzene rings is 4. The van der Waals surface area contributed by atoms with Crippen LogP contribution in [0.2, 0.25) is 0 Å². The summed E-state index contributed by atoms with van der Waals surface area (Å²) in [5, 5.41) is 3.04. The second-order valence-electron chi connectivity index (χ2n) is 12.3. The number of amides is 2. The van der Waals surface area contributed by atoms with Crippen molar-refractivity contribution in [2.45, 2.75) is 43.7 Å². The molecule has 2 saturated heterocycles. The molecule has 2 fully saturated rings. The highest BCUT2D eigenvalue weighted by Gasteiger charge is 2.42. The minimum Gasteiger partial charge on any atom is -0.457 e. The van der Waals surface area contributed by atoms with Crippen LogP contribution in [-0.2, 0) is 14.8 Å². The van der Waals surface area contributed by atoms with Crippen LogP contribution in [0.1, 0.15) is 35.7 Å². The summed E-state index contributed by atoms with van der Waals surface area (Å²) >= 11 is 0. The van der Waals surface area contributed by atoms with Gasteiger partial charge in [0.05, 0.1) is 4.90 Å². The Balaban J connectivity index is 1.21. The molecular weight excluding hydrogens is 625 g/mol. The Morgan fingerprint density at radius 1 is 0.833 bits per heavy atom. The summed E-state index contributed by atoms with van der Waals surface area (Å²) < 4.78 is 35.4. The van der Waals surface area contributed by atoms with Crippen molar-refractivity contribution >= 4 is 21.8 Å². The minimum atomic E-state index is -4.06. The van der Waals surface area contributed by atoms with Crippen LogP contribution in [0, 0.1) is 6.92 Å². The number of nitrogens with zero attached hydrogens (tertiary/aromatic N) is 3. The first-order valence-electron chi connectivity index (χ1n) is 16.6. The first kappa shape index (κ1) is 33.4. The molecule has 250 valence electrons. The lowest BCUT2D eigenvalue weighted by atomic mass is 10.0. The van der Waals surface area contributed by atoms with E-state index in [9.17, 15) is 18.0 Å². The molecule has 4 aromatic carbocycles. The highest BCUT2D eigenvalue weighted by molar-refractivity contribution is 7.89. The number of hydrogen-bond donors (Lipinski definition) is 1. The second kappa shape index (κ2) is 14.7. The van der Waals surface area contributed by atoms with Crippen molar-refractivity contribution in [1.82, 2.24) is 19.4 Å². The van der Waals surface area contributed by atoms with Gasteiger partial charge in [0.15, 0.2) is 0 Å². The Kier molecular flexibility index (Phi) is 10.2. The fourth-order valence-electron chi connectivity index (χ4n) is 6.64. The number of ether oxygens (including phenoxy) is 1. The number of hydrogen-bond acceptors (Lipinski definition) is 6. The maximum absolute atomic E-state index is 14.1. The Bertz CT molecular complexity index is 1830. The van der Waals surface area contributed by atoms with E-state index in [1.165, 1.54) is 4.31 Å². The number of likely N-dealkylation sites (N-methyl/N-ethyl adjacent to an activating group) is 1. The van der Waals surface area contributed by atoms with Gasteiger partial charge in [0.1, 0.15) is 17.5 Å². The molecule has 10 heteroatoms. The fourth-order valence-corrected chi connectivity index (χ4v) is 8.21. The normalized spacial score (nSPS) is 18.8. The SMILES string of the molecule is CCN1CCCC1CNC(=O)C1CN(C(=O)c2ccc(Oc3ccccc3)cc2)CCN1S(=O)(=O)c1ccc(-c2ccccc2C)cc1. The van der Waals surface area contributed by atoms with Crippen LogP contribution in [0.5, 0.6) is 11.5 Å². The van der Waals surface area contributed by atoms with Gasteiger partial charge >= 0.3 is 0 Å². The van der Waals surface area contributed by atoms with Crippen LogP contribution < -0.4 is 10.1 Å². The fraction of sp³-hybridized carbons (Fsp3) is 0.316. The number of carbonyl (C=O) groups is 2. The third-order valence-electron chi connectivity index (χ3n) is 9.34. The molecule has 0 aromatic heterocycles. The summed E-state index contributed by atoms with van der Waals surface area (Å²) in [5.41, 5.74) is 3.46. The molecule has 48 heavy (non-hydrogen) atoms. The van der Waals surface area contributed by atoms with Gasteiger partial charge in [-0.1, -0.05) is 61.5 Å². The summed E-state index contributed by atoms with van der Waals surface area (Å²) in [6.45, 7) is 6.50. The van der Waals surface area contributed by atoms with Crippen LogP contribution >= 0.6 is 0 Å². The van der Waals surface area contributed by atoms with E-state index in [1.54, 1.807) is 53.4 Å². The average molecular weight is 667 g/mol. The maximum atomic E-state index is 14.1. The minimum absolute atomic E-state index is 0.00851. The molecule has 4 aromatic rings. The molecule has 0 aliphatic carbocycles. The van der Waals surface area contributed by atoms with Crippen LogP contribution in [0.25, 0.3) is 11.1 Å². The molecule has 1 N–H and O–H groups in total. The number of piperazine rings is 1. The maximum Gasteiger partial charge on any atom is 0.253 e. The van der Waals surface area contributed by atoms with Crippen LogP contribution in [-0.4, -0.2) is 85.7 Å². The average Bonchev–Trinajstić information content (AvgIpc) is 3.59. The lowest BCUT2D eigenvalue weighted by Gasteiger charge is -2.40. The van der Waals surface area contributed by atoms with Gasteiger partial charge in [-0.05, 0) is 98.1 Å². The smallest absolute Gasteiger partial charge is 0.253 e. The zero-order valence-corrected chi connectivity index (χ0v) is 28.2. The zero-order chi connectivity index (χ0) is 33.7. The molecule has 0 saturated carbocycles. The number of rotatable bonds is 10. The highest BCUT2D eigenvalue weighted by atomic mass is 32.2. The number of aryl methyl sites for hydroxylation is 1. The van der Waals surface area contributed by atoms with Crippen molar-refractivity contribution in [1.29, 1.82) is 0 Å². The van der Waals surface area contributed by atoms with Gasteiger partial charge in [-0.15, -0.1) is 0 Å². The number of para-hydroxylation sites is 1. The van der Waals surface area contributed by atoms with Gasteiger partial charge in [-0.2, -0.15) is 4.31 Å². The lowest BCUT2D eigenvalue weighted by Crippen LogP contribution is -2.62. The second-order valence-corrected chi connectivity index (χ2v) is 14.2. The lowest BCUT2D eigenvalue weighted by molar-refractivity contribution is -0.126. The van der Waals surface area contributed by atoms with Crippen LogP contribution in [0.3, 0.4) is 0 Å². The zero-order valence-electron chi connectivity index (χ0n) is 27.4. The van der Waals surface area contributed by atoms with Gasteiger partial charge in [-0.3, -0.25) is 14.5 Å². The Labute approximate surface area is 283 Å². The van der Waals surface area contributed by atoms with E-state index in [0.29, 0.717) is 23.6 Å². The molecule has 2 amide bonds. The molecule has 9 nitrogen and oxygen atoms in total. The molecule has 2 heterocycles. The van der Waals surface area contributed by atoms with E-state index in [0.717, 1.165) is 42.6 Å². The van der Waals surface area contributed by atoms with Crippen molar-refractivity contribution in [2.75, 3.05) is 39.3 Å². The Morgan fingerprint density at radius 3 is 2.23 bits per heavy atom. The van der Waals surface area contributed by atoms with Crippen molar-refractivity contribution in [2.24, 2.45) is 0 Å². The molecule has 2 aliphatic rings. The summed E-state index contributed by atoms with van der Waals surface area (Å²) in [6.07, 6.45) is 2.04. The van der Waals surface area contributed by atoms with Crippen LogP contribution in [0.4, 0.5) is 0 Å². The highest BCUT2D eigenvalue weighted by Crippen LogP contribution is 2.28. The van der Waals surface area contributed by atoms with E-state index in [1.807, 2.05) is 61.5 Å². The van der Waals surface area contributed by atoms with Gasteiger partial charge < -0.3 is 15.0 Å². The number of carbonyl (C=O) groups excluding carboxylic acids is 2. The van der Waals surface area contributed by atoms with Crippen molar-refractivity contribution in [3.05, 3.63) is 114 Å². The van der Waals surface area contributed by atoms with Gasteiger partial charge in [0.25, 0.3) is 5.91 Å². The van der Waals surface area contributed by atoms with E-state index in [-0.39, 0.29) is 36.5 Å². The van der Waals surface area contributed by atoms with E-state index in [4.69, 9.17) is 4.74 Å². The molecule has 0 bridgehead atoms. The van der Waals surface area contributed by atoms with Gasteiger partial charge in [0, 0.05) is 37.8 Å². The number of sulfonamides is 1. The Morgan fingerprint density at radius 2 is 1.52 bits per heavy atom.